The molecule has 1 aromatic carbocycles. The van der Waals surface area contributed by atoms with Crippen LogP contribution in [0.25, 0.3) is 0 Å². The quantitative estimate of drug-likeness (QED) is 0.119. The Hall–Kier alpha value is -2.77. The number of unbranched alkanes of at least 4 members (excludes halogenated alkanes) is 15. The first-order chi connectivity index (χ1) is 19.6. The summed E-state index contributed by atoms with van der Waals surface area (Å²) in [4.78, 5) is 35.6. The van der Waals surface area contributed by atoms with Crippen LogP contribution < -0.4 is 15.4 Å². The largest absolute Gasteiger partial charge is 0.480 e. The molecule has 1 unspecified atom stereocenters. The fourth-order valence-corrected chi connectivity index (χ4v) is 4.59. The molecule has 1 rings (SSSR count). The molecule has 0 heterocycles. The van der Waals surface area contributed by atoms with E-state index in [0.29, 0.717) is 17.9 Å². The van der Waals surface area contributed by atoms with Crippen molar-refractivity contribution in [3.8, 4) is 5.75 Å². The first-order valence-electron chi connectivity index (χ1n) is 15.9. The molecule has 0 aliphatic carbocycles. The number of carbonyl (C=O) groups is 3. The van der Waals surface area contributed by atoms with Gasteiger partial charge < -0.3 is 25.2 Å². The molecule has 234 valence electrons. The van der Waals surface area contributed by atoms with Crippen LogP contribution in [-0.2, 0) is 16.0 Å². The normalized spacial score (nSPS) is 12.0. The highest BCUT2D eigenvalue weighted by atomic mass is 16.6. The van der Waals surface area contributed by atoms with Gasteiger partial charge in [0, 0.05) is 13.0 Å². The number of hydrogen-bond acceptors (Lipinski definition) is 5. The Bertz CT molecular complexity index is 850. The van der Waals surface area contributed by atoms with Gasteiger partial charge in [0.15, 0.2) is 0 Å². The second-order valence-corrected chi connectivity index (χ2v) is 12.0. The first kappa shape index (κ1) is 36.3. The molecule has 0 saturated carbocycles. The molecule has 0 radical (unpaired) electrons. The van der Waals surface area contributed by atoms with E-state index in [-0.39, 0.29) is 6.42 Å². The van der Waals surface area contributed by atoms with Gasteiger partial charge in [-0.25, -0.2) is 14.4 Å². The molecule has 0 aliphatic heterocycles. The Morgan fingerprint density at radius 3 is 1.63 bits per heavy atom. The number of alkyl carbamates (subject to hydrolysis) is 1. The van der Waals surface area contributed by atoms with Crippen LogP contribution in [0, 0.1) is 0 Å². The standard InChI is InChI=1S/C33H56N2O6/c1-5-6-7-8-9-10-11-12-13-14-15-16-17-18-19-20-25-34-31(38)40-28-23-21-27(22-24-28)26-29(30(36)37)35-32(39)41-33(2,3)4/h21-24,29H,5-20,25-26H2,1-4H3,(H,34,38)(H,35,39)(H,36,37). The van der Waals surface area contributed by atoms with Gasteiger partial charge in [0.1, 0.15) is 17.4 Å². The van der Waals surface area contributed by atoms with Gasteiger partial charge in [0.2, 0.25) is 0 Å². The van der Waals surface area contributed by atoms with Crippen molar-refractivity contribution in [2.75, 3.05) is 6.54 Å². The molecule has 8 heteroatoms. The lowest BCUT2D eigenvalue weighted by molar-refractivity contribution is -0.139. The average molecular weight is 577 g/mol. The maximum atomic E-state index is 12.1. The molecule has 8 nitrogen and oxygen atoms in total. The predicted molar refractivity (Wildman–Crippen MR) is 165 cm³/mol. The van der Waals surface area contributed by atoms with E-state index in [0.717, 1.165) is 12.8 Å². The maximum Gasteiger partial charge on any atom is 0.412 e. The van der Waals surface area contributed by atoms with Crippen molar-refractivity contribution in [1.29, 1.82) is 0 Å². The minimum atomic E-state index is -1.16. The Kier molecular flexibility index (Phi) is 19.4. The lowest BCUT2D eigenvalue weighted by Gasteiger charge is -2.22. The molecule has 0 bridgehead atoms. The third-order valence-corrected chi connectivity index (χ3v) is 6.86. The lowest BCUT2D eigenvalue weighted by Crippen LogP contribution is -2.44. The van der Waals surface area contributed by atoms with E-state index < -0.39 is 29.8 Å². The highest BCUT2D eigenvalue weighted by molar-refractivity contribution is 5.80. The number of carbonyl (C=O) groups excluding carboxylic acids is 2. The van der Waals surface area contributed by atoms with Crippen LogP contribution in [0.5, 0.6) is 5.75 Å². The maximum absolute atomic E-state index is 12.1. The minimum Gasteiger partial charge on any atom is -0.480 e. The zero-order valence-corrected chi connectivity index (χ0v) is 26.1. The molecule has 2 amide bonds. The molecular weight excluding hydrogens is 520 g/mol. The van der Waals surface area contributed by atoms with E-state index in [1.165, 1.54) is 89.9 Å². The van der Waals surface area contributed by atoms with Crippen molar-refractivity contribution < 1.29 is 29.0 Å². The van der Waals surface area contributed by atoms with Crippen molar-refractivity contribution in [1.82, 2.24) is 10.6 Å². The molecule has 3 N–H and O–H groups in total. The number of nitrogens with one attached hydrogen (secondary N) is 2. The number of carboxylic acids is 1. The summed E-state index contributed by atoms with van der Waals surface area (Å²) in [5.41, 5.74) is -0.0482. The summed E-state index contributed by atoms with van der Waals surface area (Å²) in [6, 6.07) is 5.42. The zero-order chi connectivity index (χ0) is 30.3. The average Bonchev–Trinajstić information content (AvgIpc) is 2.90. The highest BCUT2D eigenvalue weighted by Crippen LogP contribution is 2.16. The van der Waals surface area contributed by atoms with E-state index in [4.69, 9.17) is 9.47 Å². The van der Waals surface area contributed by atoms with Gasteiger partial charge in [-0.05, 0) is 44.9 Å². The summed E-state index contributed by atoms with van der Waals surface area (Å²) in [6.45, 7) is 7.96. The van der Waals surface area contributed by atoms with Crippen molar-refractivity contribution in [2.45, 2.75) is 148 Å². The Morgan fingerprint density at radius 2 is 1.20 bits per heavy atom. The summed E-state index contributed by atoms with van der Waals surface area (Å²) in [7, 11) is 0. The molecule has 0 aromatic heterocycles. The highest BCUT2D eigenvalue weighted by Gasteiger charge is 2.24. The van der Waals surface area contributed by atoms with Gasteiger partial charge >= 0.3 is 18.2 Å². The van der Waals surface area contributed by atoms with Gasteiger partial charge in [-0.15, -0.1) is 0 Å². The molecule has 1 atom stereocenters. The molecule has 0 aliphatic rings. The Labute approximate surface area is 248 Å². The number of aliphatic carboxylic acids is 1. The van der Waals surface area contributed by atoms with Crippen molar-refractivity contribution in [3.63, 3.8) is 0 Å². The molecule has 41 heavy (non-hydrogen) atoms. The van der Waals surface area contributed by atoms with Crippen LogP contribution in [0.15, 0.2) is 24.3 Å². The Morgan fingerprint density at radius 1 is 0.732 bits per heavy atom. The molecule has 0 saturated heterocycles. The van der Waals surface area contributed by atoms with Crippen molar-refractivity contribution in [2.24, 2.45) is 0 Å². The summed E-state index contributed by atoms with van der Waals surface area (Å²) in [6.07, 6.45) is 19.7. The van der Waals surface area contributed by atoms with Gasteiger partial charge in [-0.2, -0.15) is 0 Å². The van der Waals surface area contributed by atoms with Crippen LogP contribution in [0.1, 0.15) is 136 Å². The molecule has 0 spiro atoms. The van der Waals surface area contributed by atoms with E-state index >= 15 is 0 Å². The second-order valence-electron chi connectivity index (χ2n) is 12.0. The minimum absolute atomic E-state index is 0.0697. The second kappa shape index (κ2) is 21.9. The van der Waals surface area contributed by atoms with E-state index in [9.17, 15) is 19.5 Å². The Balaban J connectivity index is 2.09. The third kappa shape index (κ3) is 20.7. The van der Waals surface area contributed by atoms with Crippen LogP contribution in [0.3, 0.4) is 0 Å². The topological polar surface area (TPSA) is 114 Å². The fourth-order valence-electron chi connectivity index (χ4n) is 4.59. The lowest BCUT2D eigenvalue weighted by atomic mass is 10.0. The third-order valence-electron chi connectivity index (χ3n) is 6.86. The van der Waals surface area contributed by atoms with E-state index in [1.54, 1.807) is 45.0 Å². The van der Waals surface area contributed by atoms with Crippen molar-refractivity contribution >= 4 is 18.2 Å². The number of benzene rings is 1. The van der Waals surface area contributed by atoms with Crippen LogP contribution in [0.4, 0.5) is 9.59 Å². The zero-order valence-electron chi connectivity index (χ0n) is 26.1. The molecule has 0 fully saturated rings. The smallest absolute Gasteiger partial charge is 0.412 e. The summed E-state index contributed by atoms with van der Waals surface area (Å²) >= 11 is 0. The van der Waals surface area contributed by atoms with Gasteiger partial charge in [-0.3, -0.25) is 0 Å². The monoisotopic (exact) mass is 576 g/mol. The fraction of sp³-hybridized carbons (Fsp3) is 0.727. The number of ether oxygens (including phenoxy) is 2. The number of carboxylic acid groups (broad SMARTS) is 1. The van der Waals surface area contributed by atoms with E-state index in [1.807, 2.05) is 0 Å². The summed E-state index contributed by atoms with van der Waals surface area (Å²) in [5, 5.41) is 14.6. The number of amides is 2. The molecular formula is C33H56N2O6. The number of rotatable bonds is 22. The van der Waals surface area contributed by atoms with Crippen molar-refractivity contribution in [3.05, 3.63) is 29.8 Å². The summed E-state index contributed by atoms with van der Waals surface area (Å²) < 4.78 is 10.5. The van der Waals surface area contributed by atoms with Gasteiger partial charge in [-0.1, -0.05) is 115 Å². The van der Waals surface area contributed by atoms with Gasteiger partial charge in [0.05, 0.1) is 0 Å². The van der Waals surface area contributed by atoms with E-state index in [2.05, 4.69) is 17.6 Å². The summed E-state index contributed by atoms with van der Waals surface area (Å²) in [5.74, 6) is -0.796. The first-order valence-corrected chi connectivity index (χ1v) is 15.9. The SMILES string of the molecule is CCCCCCCCCCCCCCCCCCNC(=O)Oc1ccc(CC(NC(=O)OC(C)(C)C)C(=O)O)cc1. The van der Waals surface area contributed by atoms with Crippen LogP contribution in [0.2, 0.25) is 0 Å². The van der Waals surface area contributed by atoms with Crippen LogP contribution >= 0.6 is 0 Å². The van der Waals surface area contributed by atoms with Crippen LogP contribution in [-0.4, -0.2) is 41.4 Å². The molecule has 1 aromatic rings. The predicted octanol–water partition coefficient (Wildman–Crippen LogP) is 8.56. The van der Waals surface area contributed by atoms with Gasteiger partial charge in [0.25, 0.3) is 0 Å². The number of hydrogen-bond donors (Lipinski definition) is 3.